The summed E-state index contributed by atoms with van der Waals surface area (Å²) in [4.78, 5) is 8.57. The Hall–Kier alpha value is -2.36. The number of hydrogen-bond donors (Lipinski definition) is 2. The number of aromatic nitrogens is 1. The van der Waals surface area contributed by atoms with E-state index in [-0.39, 0.29) is 0 Å². The van der Waals surface area contributed by atoms with Crippen LogP contribution in [0.3, 0.4) is 0 Å². The van der Waals surface area contributed by atoms with Crippen molar-refractivity contribution >= 4 is 5.96 Å². The standard InChI is InChI=1S/C19H26N4/c1-3-16-7-9-17(10-8-16)11-14-22-19(20-2)23-15-12-18-6-4-5-13-21-18/h4-10,13H,3,11-12,14-15H2,1-2H3,(H2,20,22,23). The van der Waals surface area contributed by atoms with E-state index < -0.39 is 0 Å². The first-order valence-electron chi connectivity index (χ1n) is 8.24. The molecule has 2 rings (SSSR count). The van der Waals surface area contributed by atoms with Crippen LogP contribution in [0.4, 0.5) is 0 Å². The molecule has 0 amide bonds. The number of aryl methyl sites for hydroxylation is 1. The first-order valence-corrected chi connectivity index (χ1v) is 8.24. The molecule has 1 aromatic heterocycles. The average molecular weight is 310 g/mol. The molecule has 0 aliphatic heterocycles. The fourth-order valence-electron chi connectivity index (χ4n) is 2.34. The minimum absolute atomic E-state index is 0.821. The molecule has 0 aliphatic rings. The van der Waals surface area contributed by atoms with E-state index in [1.54, 1.807) is 7.05 Å². The third-order valence-electron chi connectivity index (χ3n) is 3.76. The molecule has 0 atom stereocenters. The molecular formula is C19H26N4. The van der Waals surface area contributed by atoms with Crippen LogP contribution in [-0.4, -0.2) is 31.1 Å². The normalized spacial score (nSPS) is 11.3. The molecular weight excluding hydrogens is 284 g/mol. The van der Waals surface area contributed by atoms with Crippen molar-refractivity contribution in [3.05, 3.63) is 65.5 Å². The Bertz CT molecular complexity index is 591. The lowest BCUT2D eigenvalue weighted by Gasteiger charge is -2.12. The zero-order chi connectivity index (χ0) is 16.3. The highest BCUT2D eigenvalue weighted by Crippen LogP contribution is 2.05. The molecule has 122 valence electrons. The van der Waals surface area contributed by atoms with Crippen LogP contribution in [0.2, 0.25) is 0 Å². The van der Waals surface area contributed by atoms with Crippen LogP contribution >= 0.6 is 0 Å². The van der Waals surface area contributed by atoms with Crippen LogP contribution in [0, 0.1) is 0 Å². The Morgan fingerprint density at radius 3 is 2.26 bits per heavy atom. The maximum absolute atomic E-state index is 4.32. The second-order valence-corrected chi connectivity index (χ2v) is 5.42. The quantitative estimate of drug-likeness (QED) is 0.610. The maximum atomic E-state index is 4.32. The molecule has 0 radical (unpaired) electrons. The number of nitrogens with zero attached hydrogens (tertiary/aromatic N) is 2. The number of hydrogen-bond acceptors (Lipinski definition) is 2. The van der Waals surface area contributed by atoms with Gasteiger partial charge >= 0.3 is 0 Å². The lowest BCUT2D eigenvalue weighted by Crippen LogP contribution is -2.39. The van der Waals surface area contributed by atoms with Gasteiger partial charge in [-0.15, -0.1) is 0 Å². The molecule has 0 saturated heterocycles. The van der Waals surface area contributed by atoms with E-state index in [0.29, 0.717) is 0 Å². The number of rotatable bonds is 7. The largest absolute Gasteiger partial charge is 0.356 e. The Kier molecular flexibility index (Phi) is 7.11. The molecule has 0 bridgehead atoms. The Morgan fingerprint density at radius 2 is 1.65 bits per heavy atom. The van der Waals surface area contributed by atoms with Gasteiger partial charge in [-0.3, -0.25) is 9.98 Å². The van der Waals surface area contributed by atoms with Gasteiger partial charge in [0.2, 0.25) is 0 Å². The summed E-state index contributed by atoms with van der Waals surface area (Å²) in [6.45, 7) is 3.87. The van der Waals surface area contributed by atoms with Crippen molar-refractivity contribution in [1.82, 2.24) is 15.6 Å². The van der Waals surface area contributed by atoms with Gasteiger partial charge in [0.05, 0.1) is 0 Å². The summed E-state index contributed by atoms with van der Waals surface area (Å²) in [5.74, 6) is 0.839. The van der Waals surface area contributed by atoms with Gasteiger partial charge in [-0.25, -0.2) is 0 Å². The molecule has 2 N–H and O–H groups in total. The van der Waals surface area contributed by atoms with Gasteiger partial charge in [0.1, 0.15) is 0 Å². The second kappa shape index (κ2) is 9.62. The van der Waals surface area contributed by atoms with Gasteiger partial charge in [0, 0.05) is 38.4 Å². The Morgan fingerprint density at radius 1 is 0.957 bits per heavy atom. The molecule has 23 heavy (non-hydrogen) atoms. The summed E-state index contributed by atoms with van der Waals surface area (Å²) in [5.41, 5.74) is 3.82. The monoisotopic (exact) mass is 310 g/mol. The summed E-state index contributed by atoms with van der Waals surface area (Å²) in [6.07, 6.45) is 4.79. The number of aliphatic imine (C=N–C) groups is 1. The van der Waals surface area contributed by atoms with Crippen LogP contribution < -0.4 is 10.6 Å². The second-order valence-electron chi connectivity index (χ2n) is 5.42. The molecule has 0 spiro atoms. The molecule has 0 unspecified atom stereocenters. The first kappa shape index (κ1) is 17.0. The Labute approximate surface area is 139 Å². The van der Waals surface area contributed by atoms with Crippen molar-refractivity contribution in [2.45, 2.75) is 26.2 Å². The lowest BCUT2D eigenvalue weighted by molar-refractivity contribution is 0.776. The van der Waals surface area contributed by atoms with E-state index in [1.807, 2.05) is 24.4 Å². The topological polar surface area (TPSA) is 49.3 Å². The van der Waals surface area contributed by atoms with Gasteiger partial charge < -0.3 is 10.6 Å². The average Bonchev–Trinajstić information content (AvgIpc) is 2.62. The van der Waals surface area contributed by atoms with Gasteiger partial charge in [0.25, 0.3) is 0 Å². The zero-order valence-electron chi connectivity index (χ0n) is 14.0. The fourth-order valence-corrected chi connectivity index (χ4v) is 2.34. The number of benzene rings is 1. The molecule has 0 saturated carbocycles. The van der Waals surface area contributed by atoms with Crippen LogP contribution in [-0.2, 0) is 19.3 Å². The summed E-state index contributed by atoms with van der Waals surface area (Å²) < 4.78 is 0. The first-order chi connectivity index (χ1) is 11.3. The van der Waals surface area contributed by atoms with Crippen LogP contribution in [0.15, 0.2) is 53.7 Å². The predicted octanol–water partition coefficient (Wildman–Crippen LogP) is 2.59. The highest BCUT2D eigenvalue weighted by atomic mass is 15.2. The molecule has 4 heteroatoms. The van der Waals surface area contributed by atoms with Gasteiger partial charge in [-0.1, -0.05) is 37.3 Å². The number of guanidine groups is 1. The minimum atomic E-state index is 0.821. The van der Waals surface area contributed by atoms with Crippen molar-refractivity contribution in [2.75, 3.05) is 20.1 Å². The molecule has 0 aliphatic carbocycles. The highest BCUT2D eigenvalue weighted by molar-refractivity contribution is 5.79. The SMILES string of the molecule is CCc1ccc(CCNC(=NC)NCCc2ccccn2)cc1. The van der Waals surface area contributed by atoms with E-state index in [4.69, 9.17) is 0 Å². The van der Waals surface area contributed by atoms with E-state index in [0.717, 1.165) is 44.0 Å². The van der Waals surface area contributed by atoms with Crippen molar-refractivity contribution in [3.8, 4) is 0 Å². The van der Waals surface area contributed by atoms with E-state index in [1.165, 1.54) is 11.1 Å². The molecule has 0 fully saturated rings. The van der Waals surface area contributed by atoms with E-state index in [9.17, 15) is 0 Å². The number of pyridine rings is 1. The van der Waals surface area contributed by atoms with Crippen molar-refractivity contribution in [3.63, 3.8) is 0 Å². The van der Waals surface area contributed by atoms with Crippen molar-refractivity contribution < 1.29 is 0 Å². The fraction of sp³-hybridized carbons (Fsp3) is 0.368. The van der Waals surface area contributed by atoms with Crippen molar-refractivity contribution in [2.24, 2.45) is 4.99 Å². The Balaban J connectivity index is 1.68. The van der Waals surface area contributed by atoms with Gasteiger partial charge in [0.15, 0.2) is 5.96 Å². The maximum Gasteiger partial charge on any atom is 0.190 e. The predicted molar refractivity (Wildman–Crippen MR) is 96.8 cm³/mol. The summed E-state index contributed by atoms with van der Waals surface area (Å²) in [5, 5.41) is 6.67. The van der Waals surface area contributed by atoms with Gasteiger partial charge in [-0.05, 0) is 36.1 Å². The molecule has 2 aromatic rings. The molecule has 4 nitrogen and oxygen atoms in total. The summed E-state index contributed by atoms with van der Waals surface area (Å²) >= 11 is 0. The number of nitrogens with one attached hydrogen (secondary N) is 2. The summed E-state index contributed by atoms with van der Waals surface area (Å²) in [7, 11) is 1.80. The summed E-state index contributed by atoms with van der Waals surface area (Å²) in [6, 6.07) is 14.8. The highest BCUT2D eigenvalue weighted by Gasteiger charge is 1.99. The van der Waals surface area contributed by atoms with E-state index >= 15 is 0 Å². The van der Waals surface area contributed by atoms with Crippen LogP contribution in [0.1, 0.15) is 23.7 Å². The van der Waals surface area contributed by atoms with Crippen LogP contribution in [0.25, 0.3) is 0 Å². The molecule has 1 aromatic carbocycles. The smallest absolute Gasteiger partial charge is 0.190 e. The minimum Gasteiger partial charge on any atom is -0.356 e. The van der Waals surface area contributed by atoms with Crippen molar-refractivity contribution in [1.29, 1.82) is 0 Å². The van der Waals surface area contributed by atoms with E-state index in [2.05, 4.69) is 51.8 Å². The van der Waals surface area contributed by atoms with Gasteiger partial charge in [-0.2, -0.15) is 0 Å². The zero-order valence-corrected chi connectivity index (χ0v) is 14.0. The van der Waals surface area contributed by atoms with Crippen LogP contribution in [0.5, 0.6) is 0 Å². The lowest BCUT2D eigenvalue weighted by atomic mass is 10.1. The third-order valence-corrected chi connectivity index (χ3v) is 3.76. The molecule has 1 heterocycles. The third kappa shape index (κ3) is 6.10.